The van der Waals surface area contributed by atoms with Crippen LogP contribution in [0.1, 0.15) is 27.2 Å². The van der Waals surface area contributed by atoms with E-state index in [0.29, 0.717) is 12.2 Å². The molecule has 1 aromatic carbocycles. The second kappa shape index (κ2) is 7.11. The fraction of sp³-hybridized carbons (Fsp3) is 0.500. The molecule has 0 aromatic heterocycles. The molecule has 1 aromatic rings. The summed E-state index contributed by atoms with van der Waals surface area (Å²) < 4.78 is 0. The van der Waals surface area contributed by atoms with Crippen LogP contribution in [0.5, 0.6) is 0 Å². The third kappa shape index (κ3) is 4.48. The minimum absolute atomic E-state index is 0.258. The van der Waals surface area contributed by atoms with Crippen molar-refractivity contribution in [2.75, 3.05) is 30.9 Å². The third-order valence-electron chi connectivity index (χ3n) is 3.31. The normalized spacial score (nSPS) is 10.9. The Balaban J connectivity index is 2.72. The number of hydrogen-bond donors (Lipinski definition) is 2. The van der Waals surface area contributed by atoms with Crippen molar-refractivity contribution < 1.29 is 9.59 Å². The average molecular weight is 291 g/mol. The zero-order valence-electron chi connectivity index (χ0n) is 13.5. The standard InChI is InChI=1S/C16H25N3O2/c1-6-11-17-14(20)16(2,3)15(21)18-12-7-9-13(10-8-12)19(4)5/h7-10H,6,11H2,1-5H3,(H,17,20)(H,18,21). The van der Waals surface area contributed by atoms with Crippen molar-refractivity contribution in [1.29, 1.82) is 0 Å². The Bertz CT molecular complexity index is 493. The van der Waals surface area contributed by atoms with Crippen molar-refractivity contribution in [1.82, 2.24) is 5.32 Å². The van der Waals surface area contributed by atoms with Gasteiger partial charge in [-0.05, 0) is 44.5 Å². The van der Waals surface area contributed by atoms with Gasteiger partial charge in [-0.15, -0.1) is 0 Å². The van der Waals surface area contributed by atoms with E-state index in [9.17, 15) is 9.59 Å². The number of amides is 2. The van der Waals surface area contributed by atoms with E-state index in [-0.39, 0.29) is 11.8 Å². The first-order valence-electron chi connectivity index (χ1n) is 7.16. The summed E-state index contributed by atoms with van der Waals surface area (Å²) in [7, 11) is 3.91. The minimum Gasteiger partial charge on any atom is -0.378 e. The molecule has 5 heteroatoms. The molecule has 0 fully saturated rings. The van der Waals surface area contributed by atoms with Crippen LogP contribution in [0.3, 0.4) is 0 Å². The van der Waals surface area contributed by atoms with Gasteiger partial charge in [0.15, 0.2) is 0 Å². The van der Waals surface area contributed by atoms with Crippen molar-refractivity contribution in [3.63, 3.8) is 0 Å². The molecule has 1 rings (SSSR count). The van der Waals surface area contributed by atoms with E-state index in [1.54, 1.807) is 13.8 Å². The largest absolute Gasteiger partial charge is 0.378 e. The predicted molar refractivity (Wildman–Crippen MR) is 86.5 cm³/mol. The zero-order valence-corrected chi connectivity index (χ0v) is 13.5. The molecule has 116 valence electrons. The zero-order chi connectivity index (χ0) is 16.0. The molecule has 0 saturated heterocycles. The summed E-state index contributed by atoms with van der Waals surface area (Å²) >= 11 is 0. The van der Waals surface area contributed by atoms with Crippen molar-refractivity contribution in [2.45, 2.75) is 27.2 Å². The van der Waals surface area contributed by atoms with Crippen LogP contribution in [0.25, 0.3) is 0 Å². The highest BCUT2D eigenvalue weighted by Crippen LogP contribution is 2.21. The van der Waals surface area contributed by atoms with Crippen molar-refractivity contribution >= 4 is 23.2 Å². The summed E-state index contributed by atoms with van der Waals surface area (Å²) in [4.78, 5) is 26.3. The summed E-state index contributed by atoms with van der Waals surface area (Å²) in [6.07, 6.45) is 0.843. The molecular weight excluding hydrogens is 266 g/mol. The van der Waals surface area contributed by atoms with Crippen LogP contribution >= 0.6 is 0 Å². The van der Waals surface area contributed by atoms with Crippen LogP contribution in [0.15, 0.2) is 24.3 Å². The van der Waals surface area contributed by atoms with Gasteiger partial charge in [0.1, 0.15) is 5.41 Å². The van der Waals surface area contributed by atoms with Gasteiger partial charge in [0.2, 0.25) is 11.8 Å². The summed E-state index contributed by atoms with van der Waals surface area (Å²) in [5.41, 5.74) is 0.630. The summed E-state index contributed by atoms with van der Waals surface area (Å²) in [6, 6.07) is 7.49. The Morgan fingerprint density at radius 3 is 2.14 bits per heavy atom. The molecule has 2 amide bonds. The lowest BCUT2D eigenvalue weighted by atomic mass is 9.91. The minimum atomic E-state index is -1.10. The van der Waals surface area contributed by atoms with Crippen LogP contribution in [0.2, 0.25) is 0 Å². The molecule has 0 bridgehead atoms. The van der Waals surface area contributed by atoms with Gasteiger partial charge < -0.3 is 15.5 Å². The first-order chi connectivity index (χ1) is 9.78. The van der Waals surface area contributed by atoms with Gasteiger partial charge in [0, 0.05) is 32.0 Å². The van der Waals surface area contributed by atoms with Gasteiger partial charge in [-0.3, -0.25) is 9.59 Å². The van der Waals surface area contributed by atoms with Crippen LogP contribution < -0.4 is 15.5 Å². The molecule has 0 radical (unpaired) electrons. The summed E-state index contributed by atoms with van der Waals surface area (Å²) in [5.74, 6) is -0.569. The predicted octanol–water partition coefficient (Wildman–Crippen LogP) is 2.24. The number of nitrogens with zero attached hydrogens (tertiary/aromatic N) is 1. The molecule has 0 heterocycles. The molecule has 5 nitrogen and oxygen atoms in total. The van der Waals surface area contributed by atoms with Crippen molar-refractivity contribution in [2.24, 2.45) is 5.41 Å². The third-order valence-corrected chi connectivity index (χ3v) is 3.31. The molecule has 0 spiro atoms. The lowest BCUT2D eigenvalue weighted by Crippen LogP contribution is -2.45. The van der Waals surface area contributed by atoms with Crippen LogP contribution in [-0.4, -0.2) is 32.5 Å². The number of benzene rings is 1. The van der Waals surface area contributed by atoms with E-state index in [1.165, 1.54) is 0 Å². The lowest BCUT2D eigenvalue weighted by molar-refractivity contribution is -0.138. The van der Waals surface area contributed by atoms with Crippen molar-refractivity contribution in [3.8, 4) is 0 Å². The quantitative estimate of drug-likeness (QED) is 0.790. The van der Waals surface area contributed by atoms with E-state index >= 15 is 0 Å². The Kier molecular flexibility index (Phi) is 5.76. The topological polar surface area (TPSA) is 61.4 Å². The molecule has 21 heavy (non-hydrogen) atoms. The first kappa shape index (κ1) is 17.0. The summed E-state index contributed by atoms with van der Waals surface area (Å²) in [6.45, 7) is 5.80. The first-order valence-corrected chi connectivity index (χ1v) is 7.16. The average Bonchev–Trinajstić information content (AvgIpc) is 2.45. The SMILES string of the molecule is CCCNC(=O)C(C)(C)C(=O)Nc1ccc(N(C)C)cc1. The van der Waals surface area contributed by atoms with Gasteiger partial charge in [-0.25, -0.2) is 0 Å². The number of nitrogens with one attached hydrogen (secondary N) is 2. The monoisotopic (exact) mass is 291 g/mol. The van der Waals surface area contributed by atoms with Crippen LogP contribution in [-0.2, 0) is 9.59 Å². The molecule has 2 N–H and O–H groups in total. The fourth-order valence-corrected chi connectivity index (χ4v) is 1.69. The molecule has 0 atom stereocenters. The van der Waals surface area contributed by atoms with Gasteiger partial charge in [-0.2, -0.15) is 0 Å². The number of rotatable bonds is 6. The van der Waals surface area contributed by atoms with Gasteiger partial charge >= 0.3 is 0 Å². The van der Waals surface area contributed by atoms with Gasteiger partial charge in [0.05, 0.1) is 0 Å². The second-order valence-corrected chi connectivity index (χ2v) is 5.78. The highest BCUT2D eigenvalue weighted by molar-refractivity contribution is 6.09. The maximum absolute atomic E-state index is 12.3. The van der Waals surface area contributed by atoms with Gasteiger partial charge in [0.25, 0.3) is 0 Å². The number of carbonyl (C=O) groups excluding carboxylic acids is 2. The smallest absolute Gasteiger partial charge is 0.239 e. The van der Waals surface area contributed by atoms with E-state index in [2.05, 4.69) is 10.6 Å². The van der Waals surface area contributed by atoms with Crippen LogP contribution in [0.4, 0.5) is 11.4 Å². The Hall–Kier alpha value is -2.04. The van der Waals surface area contributed by atoms with E-state index in [4.69, 9.17) is 0 Å². The molecular formula is C16H25N3O2. The highest BCUT2D eigenvalue weighted by atomic mass is 16.2. The molecule has 0 aliphatic rings. The number of hydrogen-bond acceptors (Lipinski definition) is 3. The van der Waals surface area contributed by atoms with E-state index < -0.39 is 5.41 Å². The maximum Gasteiger partial charge on any atom is 0.239 e. The Morgan fingerprint density at radius 2 is 1.67 bits per heavy atom. The second-order valence-electron chi connectivity index (χ2n) is 5.78. The lowest BCUT2D eigenvalue weighted by Gasteiger charge is -2.22. The Labute approximate surface area is 126 Å². The highest BCUT2D eigenvalue weighted by Gasteiger charge is 2.35. The molecule has 0 aliphatic carbocycles. The van der Waals surface area contributed by atoms with E-state index in [0.717, 1.165) is 12.1 Å². The van der Waals surface area contributed by atoms with Crippen molar-refractivity contribution in [3.05, 3.63) is 24.3 Å². The number of anilines is 2. The molecule has 0 aliphatic heterocycles. The number of carbonyl (C=O) groups is 2. The summed E-state index contributed by atoms with van der Waals surface area (Å²) in [5, 5.41) is 5.54. The van der Waals surface area contributed by atoms with Gasteiger partial charge in [-0.1, -0.05) is 6.92 Å². The Morgan fingerprint density at radius 1 is 1.10 bits per heavy atom. The maximum atomic E-state index is 12.3. The van der Waals surface area contributed by atoms with Crippen LogP contribution in [0, 0.1) is 5.41 Å². The molecule has 0 saturated carbocycles. The van der Waals surface area contributed by atoms with E-state index in [1.807, 2.05) is 50.2 Å². The molecule has 0 unspecified atom stereocenters. The fourth-order valence-electron chi connectivity index (χ4n) is 1.69.